The number of nitrogens with one attached hydrogen (secondary N) is 1. The van der Waals surface area contributed by atoms with Gasteiger partial charge in [0, 0.05) is 5.57 Å². The number of rotatable bonds is 6. The van der Waals surface area contributed by atoms with E-state index in [1.165, 1.54) is 4.90 Å². The van der Waals surface area contributed by atoms with E-state index in [4.69, 9.17) is 15.6 Å². The summed E-state index contributed by atoms with van der Waals surface area (Å²) in [5.41, 5.74) is 9.34. The minimum absolute atomic E-state index is 0.172. The number of amides is 1. The zero-order valence-corrected chi connectivity index (χ0v) is 17.5. The van der Waals surface area contributed by atoms with Crippen molar-refractivity contribution in [1.29, 1.82) is 0 Å². The third kappa shape index (κ3) is 4.07. The molecule has 31 heavy (non-hydrogen) atoms. The van der Waals surface area contributed by atoms with Crippen molar-refractivity contribution in [2.75, 3.05) is 23.8 Å². The number of nitrogens with two attached hydrogens (primary N) is 1. The standard InChI is InChI=1S/C22H25N7O2/c1-3-10-24-21-16(4-2)18(27-29(21)14-15-8-6-5-7-9-15)20-25-13-17(19(23)26-20)28-11-12-31-22(28)30/h3-10,13,21,24H,11-12,14H2,1-2H3,(H2,23,25,26)/b10-3-,16-4-. The van der Waals surface area contributed by atoms with Gasteiger partial charge >= 0.3 is 6.09 Å². The minimum Gasteiger partial charge on any atom is -0.447 e. The van der Waals surface area contributed by atoms with Crippen molar-refractivity contribution in [3.05, 3.63) is 71.8 Å². The van der Waals surface area contributed by atoms with Gasteiger partial charge in [0.2, 0.25) is 0 Å². The molecule has 2 aliphatic heterocycles. The molecule has 2 aromatic rings. The second kappa shape index (κ2) is 8.86. The molecule has 1 amide bonds. The normalized spacial score (nSPS) is 19.9. The third-order valence-electron chi connectivity index (χ3n) is 5.07. The molecule has 0 spiro atoms. The number of hydrazone groups is 1. The number of carbonyl (C=O) groups excluding carboxylic acids is 1. The van der Waals surface area contributed by atoms with Crippen LogP contribution in [0.5, 0.6) is 0 Å². The molecule has 1 unspecified atom stereocenters. The zero-order chi connectivity index (χ0) is 21.8. The van der Waals surface area contributed by atoms with E-state index in [0.29, 0.717) is 36.9 Å². The van der Waals surface area contributed by atoms with Crippen LogP contribution < -0.4 is 16.0 Å². The number of nitrogen functional groups attached to an aromatic ring is 1. The zero-order valence-electron chi connectivity index (χ0n) is 17.5. The highest BCUT2D eigenvalue weighted by atomic mass is 16.6. The van der Waals surface area contributed by atoms with Crippen molar-refractivity contribution in [1.82, 2.24) is 20.3 Å². The first-order valence-electron chi connectivity index (χ1n) is 10.1. The fraction of sp³-hybridized carbons (Fsp3) is 0.273. The van der Waals surface area contributed by atoms with Crippen LogP contribution in [-0.4, -0.2) is 46.1 Å². The largest absolute Gasteiger partial charge is 0.447 e. The number of hydrogen-bond donors (Lipinski definition) is 2. The Morgan fingerprint density at radius 1 is 1.29 bits per heavy atom. The number of cyclic esters (lactones) is 1. The summed E-state index contributed by atoms with van der Waals surface area (Å²) in [6.07, 6.45) is 6.76. The number of anilines is 2. The molecule has 3 heterocycles. The van der Waals surface area contributed by atoms with Crippen molar-refractivity contribution >= 4 is 23.3 Å². The molecule has 4 rings (SSSR count). The molecule has 3 N–H and O–H groups in total. The van der Waals surface area contributed by atoms with Gasteiger partial charge in [-0.3, -0.25) is 9.91 Å². The molecule has 1 aromatic carbocycles. The van der Waals surface area contributed by atoms with Crippen LogP contribution >= 0.6 is 0 Å². The SMILES string of the molecule is C/C=C\NC1/C(=C\C)C(c2ncc(N3CCOC3=O)c(N)n2)=NN1Cc1ccccc1. The first-order chi connectivity index (χ1) is 15.1. The van der Waals surface area contributed by atoms with Crippen molar-refractivity contribution < 1.29 is 9.53 Å². The Hall–Kier alpha value is -3.88. The Morgan fingerprint density at radius 3 is 2.74 bits per heavy atom. The molecular formula is C22H25N7O2. The molecule has 160 valence electrons. The van der Waals surface area contributed by atoms with Crippen LogP contribution in [0.4, 0.5) is 16.3 Å². The molecular weight excluding hydrogens is 394 g/mol. The van der Waals surface area contributed by atoms with Crippen molar-refractivity contribution in [3.63, 3.8) is 0 Å². The molecule has 0 bridgehead atoms. The van der Waals surface area contributed by atoms with E-state index in [0.717, 1.165) is 11.1 Å². The number of aromatic nitrogens is 2. The van der Waals surface area contributed by atoms with Gasteiger partial charge in [-0.05, 0) is 25.6 Å². The average molecular weight is 419 g/mol. The first-order valence-corrected chi connectivity index (χ1v) is 10.1. The number of allylic oxidation sites excluding steroid dienone is 2. The quantitative estimate of drug-likeness (QED) is 0.741. The van der Waals surface area contributed by atoms with Gasteiger partial charge in [-0.2, -0.15) is 5.10 Å². The highest BCUT2D eigenvalue weighted by Gasteiger charge is 2.34. The fourth-order valence-electron chi connectivity index (χ4n) is 3.59. The lowest BCUT2D eigenvalue weighted by molar-refractivity contribution is 0.181. The number of carbonyl (C=O) groups is 1. The lowest BCUT2D eigenvalue weighted by Gasteiger charge is -2.24. The predicted octanol–water partition coefficient (Wildman–Crippen LogP) is 2.63. The van der Waals surface area contributed by atoms with Gasteiger partial charge in [-0.25, -0.2) is 14.8 Å². The Morgan fingerprint density at radius 2 is 2.10 bits per heavy atom. The van der Waals surface area contributed by atoms with Gasteiger partial charge < -0.3 is 15.8 Å². The molecule has 1 aromatic heterocycles. The molecule has 1 fully saturated rings. The number of ether oxygens (including phenoxy) is 1. The third-order valence-corrected chi connectivity index (χ3v) is 5.07. The number of nitrogens with zero attached hydrogens (tertiary/aromatic N) is 5. The van der Waals surface area contributed by atoms with E-state index in [1.54, 1.807) is 6.20 Å². The van der Waals surface area contributed by atoms with Gasteiger partial charge in [0.05, 0.1) is 19.3 Å². The second-order valence-electron chi connectivity index (χ2n) is 7.08. The lowest BCUT2D eigenvalue weighted by Crippen LogP contribution is -2.38. The van der Waals surface area contributed by atoms with Crippen LogP contribution in [0.1, 0.15) is 25.2 Å². The van der Waals surface area contributed by atoms with E-state index < -0.39 is 6.09 Å². The van der Waals surface area contributed by atoms with Gasteiger partial charge in [-0.15, -0.1) is 0 Å². The van der Waals surface area contributed by atoms with Crippen LogP contribution in [-0.2, 0) is 11.3 Å². The predicted molar refractivity (Wildman–Crippen MR) is 119 cm³/mol. The maximum atomic E-state index is 11.9. The highest BCUT2D eigenvalue weighted by Crippen LogP contribution is 2.28. The molecule has 9 nitrogen and oxygen atoms in total. The van der Waals surface area contributed by atoms with Crippen molar-refractivity contribution in [3.8, 4) is 0 Å². The average Bonchev–Trinajstić information content (AvgIpc) is 3.36. The van der Waals surface area contributed by atoms with Crippen molar-refractivity contribution in [2.45, 2.75) is 26.6 Å². The minimum atomic E-state index is -0.444. The van der Waals surface area contributed by atoms with Gasteiger partial charge in [0.25, 0.3) is 0 Å². The summed E-state index contributed by atoms with van der Waals surface area (Å²) < 4.78 is 4.98. The summed E-state index contributed by atoms with van der Waals surface area (Å²) in [6.45, 7) is 5.27. The van der Waals surface area contributed by atoms with E-state index in [2.05, 4.69) is 27.4 Å². The first kappa shape index (κ1) is 20.4. The smallest absolute Gasteiger partial charge is 0.414 e. The Balaban J connectivity index is 1.67. The van der Waals surface area contributed by atoms with Gasteiger partial charge in [0.1, 0.15) is 24.2 Å². The van der Waals surface area contributed by atoms with Crippen LogP contribution in [0, 0.1) is 0 Å². The number of benzene rings is 1. The van der Waals surface area contributed by atoms with Crippen LogP contribution in [0.2, 0.25) is 0 Å². The summed E-state index contributed by atoms with van der Waals surface area (Å²) in [5.74, 6) is 0.617. The topological polar surface area (TPSA) is 109 Å². The summed E-state index contributed by atoms with van der Waals surface area (Å²) in [4.78, 5) is 22.2. The molecule has 1 atom stereocenters. The monoisotopic (exact) mass is 419 g/mol. The molecule has 0 saturated carbocycles. The van der Waals surface area contributed by atoms with Crippen LogP contribution in [0.15, 0.2) is 65.6 Å². The second-order valence-corrected chi connectivity index (χ2v) is 7.08. The molecule has 0 aliphatic carbocycles. The maximum absolute atomic E-state index is 11.9. The lowest BCUT2D eigenvalue weighted by atomic mass is 10.1. The van der Waals surface area contributed by atoms with Crippen molar-refractivity contribution in [2.24, 2.45) is 5.10 Å². The number of hydrogen-bond acceptors (Lipinski definition) is 8. The maximum Gasteiger partial charge on any atom is 0.414 e. The summed E-state index contributed by atoms with van der Waals surface area (Å²) in [7, 11) is 0. The molecule has 9 heteroatoms. The van der Waals surface area contributed by atoms with Crippen LogP contribution in [0.25, 0.3) is 0 Å². The Labute approximate surface area is 180 Å². The summed E-state index contributed by atoms with van der Waals surface area (Å²) in [5, 5.41) is 10.2. The van der Waals surface area contributed by atoms with E-state index in [9.17, 15) is 4.79 Å². The van der Waals surface area contributed by atoms with Crippen LogP contribution in [0.3, 0.4) is 0 Å². The summed E-state index contributed by atoms with van der Waals surface area (Å²) in [6, 6.07) is 10.1. The van der Waals surface area contributed by atoms with E-state index in [-0.39, 0.29) is 12.0 Å². The molecule has 0 radical (unpaired) electrons. The summed E-state index contributed by atoms with van der Waals surface area (Å²) >= 11 is 0. The van der Waals surface area contributed by atoms with E-state index in [1.807, 2.05) is 55.4 Å². The fourth-order valence-corrected chi connectivity index (χ4v) is 3.59. The molecule has 2 aliphatic rings. The Bertz CT molecular complexity index is 1050. The highest BCUT2D eigenvalue weighted by molar-refractivity contribution is 6.12. The molecule has 1 saturated heterocycles. The Kier molecular flexibility index (Phi) is 5.83. The van der Waals surface area contributed by atoms with E-state index >= 15 is 0 Å². The van der Waals surface area contributed by atoms with Gasteiger partial charge in [0.15, 0.2) is 11.6 Å². The van der Waals surface area contributed by atoms with Gasteiger partial charge in [-0.1, -0.05) is 42.5 Å².